The van der Waals surface area contributed by atoms with E-state index in [1.54, 1.807) is 0 Å². The maximum absolute atomic E-state index is 12.5. The smallest absolute Gasteiger partial charge is 0.410 e. The minimum Gasteiger partial charge on any atom is -0.445 e. The molecular weight excluding hydrogens is 352 g/mol. The van der Waals surface area contributed by atoms with Gasteiger partial charge in [0, 0.05) is 19.2 Å². The van der Waals surface area contributed by atoms with Crippen LogP contribution in [0.2, 0.25) is 0 Å². The molecule has 146 valence electrons. The lowest BCUT2D eigenvalue weighted by Gasteiger charge is -2.35. The van der Waals surface area contributed by atoms with Gasteiger partial charge in [-0.2, -0.15) is 0 Å². The lowest BCUT2D eigenvalue weighted by molar-refractivity contribution is 0.0121. The first kappa shape index (κ1) is 21.0. The summed E-state index contributed by atoms with van der Waals surface area (Å²) in [6.45, 7) is 3.97. The zero-order chi connectivity index (χ0) is 17.3. The summed E-state index contributed by atoms with van der Waals surface area (Å²) in [5.41, 5.74) is 1.03. The van der Waals surface area contributed by atoms with Crippen LogP contribution in [-0.2, 0) is 16.1 Å². The molecule has 1 aromatic carbocycles. The number of halogens is 1. The van der Waals surface area contributed by atoms with E-state index in [1.165, 1.54) is 6.42 Å². The zero-order valence-corrected chi connectivity index (χ0v) is 16.2. The van der Waals surface area contributed by atoms with Crippen molar-refractivity contribution in [1.29, 1.82) is 0 Å². The van der Waals surface area contributed by atoms with Crippen molar-refractivity contribution in [2.24, 2.45) is 0 Å². The third kappa shape index (κ3) is 6.45. The van der Waals surface area contributed by atoms with Gasteiger partial charge in [0.25, 0.3) is 0 Å². The summed E-state index contributed by atoms with van der Waals surface area (Å²) < 4.78 is 11.6. The van der Waals surface area contributed by atoms with Crippen LogP contribution in [-0.4, -0.2) is 49.4 Å². The molecule has 2 heterocycles. The van der Waals surface area contributed by atoms with Crippen LogP contribution in [0, 0.1) is 0 Å². The Balaban J connectivity index is 0.00000243. The Kier molecular flexibility index (Phi) is 9.23. The van der Waals surface area contributed by atoms with Crippen LogP contribution in [0.4, 0.5) is 4.79 Å². The van der Waals surface area contributed by atoms with Crippen LogP contribution in [0.15, 0.2) is 30.3 Å². The quantitative estimate of drug-likeness (QED) is 0.813. The number of benzene rings is 1. The highest BCUT2D eigenvalue weighted by Gasteiger charge is 2.28. The van der Waals surface area contributed by atoms with Crippen LogP contribution >= 0.6 is 12.4 Å². The summed E-state index contributed by atoms with van der Waals surface area (Å²) >= 11 is 0. The van der Waals surface area contributed by atoms with Crippen molar-refractivity contribution >= 4 is 18.5 Å². The third-order valence-corrected chi connectivity index (χ3v) is 5.16. The van der Waals surface area contributed by atoms with Gasteiger partial charge in [0.05, 0.1) is 6.10 Å². The standard InChI is InChI=1S/C20H30N2O3.ClH/c23-20(25-16-17-6-2-1-3-7-17)22-14-5-4-8-18(22)11-15-24-19-9-12-21-13-10-19;/h1-3,6-7,18-19,21H,4-5,8-16H2;1H/t18-;/m0./s1. The van der Waals surface area contributed by atoms with Crippen molar-refractivity contribution in [2.75, 3.05) is 26.2 Å². The van der Waals surface area contributed by atoms with Crippen LogP contribution in [0.5, 0.6) is 0 Å². The molecule has 0 unspecified atom stereocenters. The zero-order valence-electron chi connectivity index (χ0n) is 15.4. The fraction of sp³-hybridized carbons (Fsp3) is 0.650. The average Bonchev–Trinajstić information content (AvgIpc) is 2.68. The number of amides is 1. The van der Waals surface area contributed by atoms with Crippen LogP contribution in [0.1, 0.15) is 44.1 Å². The largest absolute Gasteiger partial charge is 0.445 e. The number of ether oxygens (including phenoxy) is 2. The molecule has 3 rings (SSSR count). The molecule has 2 saturated heterocycles. The van der Waals surface area contributed by atoms with Crippen molar-refractivity contribution in [3.63, 3.8) is 0 Å². The fourth-order valence-corrected chi connectivity index (χ4v) is 3.68. The molecule has 0 bridgehead atoms. The summed E-state index contributed by atoms with van der Waals surface area (Å²) in [5, 5.41) is 3.35. The summed E-state index contributed by atoms with van der Waals surface area (Å²) in [4.78, 5) is 14.4. The molecule has 5 nitrogen and oxygen atoms in total. The summed E-state index contributed by atoms with van der Waals surface area (Å²) in [6.07, 6.45) is 6.58. The van der Waals surface area contributed by atoms with E-state index in [1.807, 2.05) is 35.2 Å². The normalized spacial score (nSPS) is 21.1. The summed E-state index contributed by atoms with van der Waals surface area (Å²) in [5.74, 6) is 0. The first-order valence-electron chi connectivity index (χ1n) is 9.62. The highest BCUT2D eigenvalue weighted by atomic mass is 35.5. The first-order chi connectivity index (χ1) is 12.3. The Morgan fingerprint density at radius 3 is 2.65 bits per heavy atom. The maximum atomic E-state index is 12.5. The van der Waals surface area contributed by atoms with Gasteiger partial charge in [-0.15, -0.1) is 12.4 Å². The van der Waals surface area contributed by atoms with E-state index in [9.17, 15) is 4.79 Å². The molecule has 0 aromatic heterocycles. The lowest BCUT2D eigenvalue weighted by atomic mass is 10.00. The monoisotopic (exact) mass is 382 g/mol. The van der Waals surface area contributed by atoms with Gasteiger partial charge in [0.2, 0.25) is 0 Å². The maximum Gasteiger partial charge on any atom is 0.410 e. The van der Waals surface area contributed by atoms with Gasteiger partial charge >= 0.3 is 6.09 Å². The first-order valence-corrected chi connectivity index (χ1v) is 9.62. The molecule has 1 amide bonds. The van der Waals surface area contributed by atoms with E-state index < -0.39 is 0 Å². The number of carbonyl (C=O) groups is 1. The number of hydrogen-bond donors (Lipinski definition) is 1. The molecule has 0 saturated carbocycles. The number of rotatable bonds is 6. The van der Waals surface area contributed by atoms with Crippen molar-refractivity contribution in [2.45, 2.75) is 57.3 Å². The summed E-state index contributed by atoms with van der Waals surface area (Å²) in [6, 6.07) is 10.1. The highest BCUT2D eigenvalue weighted by Crippen LogP contribution is 2.21. The second-order valence-electron chi connectivity index (χ2n) is 6.99. The van der Waals surface area contributed by atoms with Gasteiger partial charge in [-0.3, -0.25) is 0 Å². The number of hydrogen-bond acceptors (Lipinski definition) is 4. The van der Waals surface area contributed by atoms with Gasteiger partial charge in [-0.1, -0.05) is 30.3 Å². The van der Waals surface area contributed by atoms with Gasteiger partial charge in [-0.05, 0) is 57.2 Å². The minimum absolute atomic E-state index is 0. The molecule has 2 aliphatic heterocycles. The molecule has 0 radical (unpaired) electrons. The third-order valence-electron chi connectivity index (χ3n) is 5.16. The second kappa shape index (κ2) is 11.4. The molecule has 0 spiro atoms. The molecule has 2 fully saturated rings. The van der Waals surface area contributed by atoms with Gasteiger partial charge in [0.15, 0.2) is 0 Å². The Labute approximate surface area is 162 Å². The Morgan fingerprint density at radius 1 is 1.12 bits per heavy atom. The number of likely N-dealkylation sites (tertiary alicyclic amines) is 1. The molecule has 6 heteroatoms. The molecular formula is C20H31ClN2O3. The topological polar surface area (TPSA) is 50.8 Å². The molecule has 0 aliphatic carbocycles. The van der Waals surface area contributed by atoms with Crippen LogP contribution in [0.25, 0.3) is 0 Å². The fourth-order valence-electron chi connectivity index (χ4n) is 3.68. The molecule has 1 aromatic rings. The second-order valence-corrected chi connectivity index (χ2v) is 6.99. The summed E-state index contributed by atoms with van der Waals surface area (Å²) in [7, 11) is 0. The van der Waals surface area contributed by atoms with Crippen LogP contribution < -0.4 is 5.32 Å². The van der Waals surface area contributed by atoms with E-state index in [2.05, 4.69) is 5.32 Å². The van der Waals surface area contributed by atoms with Gasteiger partial charge in [0.1, 0.15) is 6.61 Å². The number of piperidine rings is 2. The molecule has 1 N–H and O–H groups in total. The van der Waals surface area contributed by atoms with Crippen molar-refractivity contribution in [1.82, 2.24) is 10.2 Å². The van der Waals surface area contributed by atoms with Crippen LogP contribution in [0.3, 0.4) is 0 Å². The number of nitrogens with one attached hydrogen (secondary N) is 1. The predicted molar refractivity (Wildman–Crippen MR) is 105 cm³/mol. The van der Waals surface area contributed by atoms with E-state index in [4.69, 9.17) is 9.47 Å². The molecule has 1 atom stereocenters. The average molecular weight is 383 g/mol. The predicted octanol–water partition coefficient (Wildman–Crippen LogP) is 3.76. The van der Waals surface area contributed by atoms with Crippen molar-refractivity contribution in [3.05, 3.63) is 35.9 Å². The Morgan fingerprint density at radius 2 is 1.88 bits per heavy atom. The SMILES string of the molecule is Cl.O=C(OCc1ccccc1)N1CCCC[C@H]1CCOC1CCNCC1. The van der Waals surface area contributed by atoms with E-state index in [0.29, 0.717) is 12.7 Å². The van der Waals surface area contributed by atoms with Gasteiger partial charge in [-0.25, -0.2) is 4.79 Å². The lowest BCUT2D eigenvalue weighted by Crippen LogP contribution is -2.44. The minimum atomic E-state index is -0.185. The van der Waals surface area contributed by atoms with Gasteiger partial charge < -0.3 is 19.7 Å². The van der Waals surface area contributed by atoms with Crippen molar-refractivity contribution < 1.29 is 14.3 Å². The Bertz CT molecular complexity index is 523. The highest BCUT2D eigenvalue weighted by molar-refractivity contribution is 5.85. The molecule has 26 heavy (non-hydrogen) atoms. The number of nitrogens with zero attached hydrogens (tertiary/aromatic N) is 1. The number of carbonyl (C=O) groups excluding carboxylic acids is 1. The molecule has 2 aliphatic rings. The van der Waals surface area contributed by atoms with E-state index in [0.717, 1.165) is 63.9 Å². The van der Waals surface area contributed by atoms with E-state index >= 15 is 0 Å². The van der Waals surface area contributed by atoms with E-state index in [-0.39, 0.29) is 24.5 Å². The van der Waals surface area contributed by atoms with Crippen molar-refractivity contribution in [3.8, 4) is 0 Å². The Hall–Kier alpha value is -1.30.